The lowest BCUT2D eigenvalue weighted by molar-refractivity contribution is -0.123. The molecular formula is C15H25N3OS. The molecule has 1 amide bonds. The van der Waals surface area contributed by atoms with Crippen molar-refractivity contribution in [3.63, 3.8) is 0 Å². The highest BCUT2D eigenvalue weighted by atomic mass is 32.1. The third-order valence-corrected chi connectivity index (χ3v) is 5.01. The summed E-state index contributed by atoms with van der Waals surface area (Å²) in [5.74, 6) is 0.599. The quantitative estimate of drug-likeness (QED) is 0.847. The van der Waals surface area contributed by atoms with Crippen molar-refractivity contribution in [2.24, 2.45) is 11.7 Å². The second-order valence-electron chi connectivity index (χ2n) is 5.69. The Kier molecular flexibility index (Phi) is 5.98. The number of nitrogens with one attached hydrogen (secondary N) is 1. The van der Waals surface area contributed by atoms with Crippen LogP contribution in [-0.2, 0) is 4.79 Å². The van der Waals surface area contributed by atoms with E-state index < -0.39 is 0 Å². The van der Waals surface area contributed by atoms with Gasteiger partial charge in [-0.05, 0) is 18.8 Å². The Morgan fingerprint density at radius 1 is 1.50 bits per heavy atom. The van der Waals surface area contributed by atoms with Gasteiger partial charge in [-0.1, -0.05) is 39.0 Å². The number of hydrogen-bond donors (Lipinski definition) is 2. The molecule has 1 aromatic rings. The fourth-order valence-corrected chi connectivity index (χ4v) is 3.69. The van der Waals surface area contributed by atoms with E-state index in [1.54, 1.807) is 17.5 Å². The van der Waals surface area contributed by atoms with Crippen LogP contribution in [-0.4, -0.2) is 16.9 Å². The van der Waals surface area contributed by atoms with Crippen molar-refractivity contribution in [1.82, 2.24) is 10.3 Å². The fraction of sp³-hybridized carbons (Fsp3) is 0.733. The molecule has 112 valence electrons. The van der Waals surface area contributed by atoms with Crippen molar-refractivity contribution in [2.75, 3.05) is 0 Å². The average Bonchev–Trinajstić information content (AvgIpc) is 2.99. The molecule has 2 unspecified atom stereocenters. The molecule has 2 atom stereocenters. The molecule has 20 heavy (non-hydrogen) atoms. The van der Waals surface area contributed by atoms with Gasteiger partial charge in [-0.3, -0.25) is 4.79 Å². The van der Waals surface area contributed by atoms with Gasteiger partial charge in [-0.15, -0.1) is 11.3 Å². The van der Waals surface area contributed by atoms with E-state index in [1.807, 2.05) is 5.38 Å². The topological polar surface area (TPSA) is 68.0 Å². The number of aromatic nitrogens is 1. The lowest BCUT2D eigenvalue weighted by atomic mass is 9.85. The van der Waals surface area contributed by atoms with Crippen LogP contribution in [0.15, 0.2) is 11.6 Å². The molecule has 0 radical (unpaired) electrons. The van der Waals surface area contributed by atoms with Crippen molar-refractivity contribution >= 4 is 17.2 Å². The largest absolute Gasteiger partial charge is 0.346 e. The van der Waals surface area contributed by atoms with Gasteiger partial charge in [-0.2, -0.15) is 0 Å². The summed E-state index contributed by atoms with van der Waals surface area (Å²) in [5.41, 5.74) is 6.08. The van der Waals surface area contributed by atoms with Crippen molar-refractivity contribution in [2.45, 2.75) is 64.0 Å². The molecule has 0 spiro atoms. The predicted octanol–water partition coefficient (Wildman–Crippen LogP) is 3.01. The molecule has 3 N–H and O–H groups in total. The first kappa shape index (κ1) is 15.4. The molecule has 5 heteroatoms. The van der Waals surface area contributed by atoms with Crippen molar-refractivity contribution in [3.05, 3.63) is 16.6 Å². The second kappa shape index (κ2) is 7.74. The van der Waals surface area contributed by atoms with Crippen LogP contribution in [0.25, 0.3) is 0 Å². The zero-order valence-electron chi connectivity index (χ0n) is 12.2. The highest BCUT2D eigenvalue weighted by molar-refractivity contribution is 7.09. The first-order chi connectivity index (χ1) is 9.70. The van der Waals surface area contributed by atoms with Crippen LogP contribution in [0.4, 0.5) is 0 Å². The first-order valence-electron chi connectivity index (χ1n) is 7.66. The first-order valence-corrected chi connectivity index (χ1v) is 8.54. The number of rotatable bonds is 6. The number of nitrogens with two attached hydrogens (primary N) is 1. The summed E-state index contributed by atoms with van der Waals surface area (Å²) in [5, 5.41) is 5.94. The zero-order chi connectivity index (χ0) is 14.4. The van der Waals surface area contributed by atoms with Gasteiger partial charge in [0.15, 0.2) is 0 Å². The second-order valence-corrected chi connectivity index (χ2v) is 6.61. The number of thiazole rings is 1. The molecule has 1 aliphatic rings. The lowest BCUT2D eigenvalue weighted by Gasteiger charge is -2.25. The molecular weight excluding hydrogens is 270 g/mol. The summed E-state index contributed by atoms with van der Waals surface area (Å²) >= 11 is 1.58. The van der Waals surface area contributed by atoms with E-state index in [0.29, 0.717) is 5.92 Å². The zero-order valence-corrected chi connectivity index (χ0v) is 13.0. The minimum atomic E-state index is -0.382. The van der Waals surface area contributed by atoms with Crippen LogP contribution >= 0.6 is 11.3 Å². The molecule has 2 rings (SSSR count). The van der Waals surface area contributed by atoms with Crippen LogP contribution in [0.1, 0.15) is 62.9 Å². The van der Waals surface area contributed by atoms with Gasteiger partial charge in [0.25, 0.3) is 0 Å². The van der Waals surface area contributed by atoms with Gasteiger partial charge in [0.05, 0.1) is 12.1 Å². The minimum absolute atomic E-state index is 0.0000872. The Hall–Kier alpha value is -0.940. The highest BCUT2D eigenvalue weighted by Gasteiger charge is 2.23. The molecule has 4 nitrogen and oxygen atoms in total. The van der Waals surface area contributed by atoms with Crippen LogP contribution in [0, 0.1) is 5.92 Å². The molecule has 0 aliphatic heterocycles. The van der Waals surface area contributed by atoms with Gasteiger partial charge in [0, 0.05) is 11.6 Å². The van der Waals surface area contributed by atoms with E-state index in [4.69, 9.17) is 5.73 Å². The Morgan fingerprint density at radius 2 is 2.25 bits per heavy atom. The normalized spacial score (nSPS) is 19.5. The number of carbonyl (C=O) groups excluding carboxylic acids is 1. The summed E-state index contributed by atoms with van der Waals surface area (Å²) in [6, 6.07) is -0.382. The molecule has 0 aromatic carbocycles. The molecule has 0 saturated heterocycles. The van der Waals surface area contributed by atoms with Crippen LogP contribution < -0.4 is 11.1 Å². The summed E-state index contributed by atoms with van der Waals surface area (Å²) in [6.45, 7) is 2.05. The van der Waals surface area contributed by atoms with Gasteiger partial charge >= 0.3 is 0 Å². The van der Waals surface area contributed by atoms with E-state index in [9.17, 15) is 4.79 Å². The molecule has 1 aromatic heterocycles. The summed E-state index contributed by atoms with van der Waals surface area (Å²) in [4.78, 5) is 16.5. The SMILES string of the molecule is CCC(NC(=O)C(N)CC1CCCCC1)c1nccs1. The molecule has 1 fully saturated rings. The van der Waals surface area contributed by atoms with Crippen LogP contribution in [0.5, 0.6) is 0 Å². The maximum absolute atomic E-state index is 12.2. The fourth-order valence-electron chi connectivity index (χ4n) is 2.91. The van der Waals surface area contributed by atoms with E-state index in [1.165, 1.54) is 32.1 Å². The van der Waals surface area contributed by atoms with E-state index >= 15 is 0 Å². The third-order valence-electron chi connectivity index (χ3n) is 4.12. The van der Waals surface area contributed by atoms with Crippen molar-refractivity contribution in [3.8, 4) is 0 Å². The number of nitrogens with zero attached hydrogens (tertiary/aromatic N) is 1. The average molecular weight is 295 g/mol. The lowest BCUT2D eigenvalue weighted by Crippen LogP contribution is -2.43. The summed E-state index contributed by atoms with van der Waals surface area (Å²) in [6.07, 6.45) is 9.80. The summed E-state index contributed by atoms with van der Waals surface area (Å²) < 4.78 is 0. The van der Waals surface area contributed by atoms with Crippen LogP contribution in [0.3, 0.4) is 0 Å². The highest BCUT2D eigenvalue weighted by Crippen LogP contribution is 2.27. The van der Waals surface area contributed by atoms with E-state index in [-0.39, 0.29) is 18.0 Å². The third kappa shape index (κ3) is 4.28. The number of hydrogen-bond acceptors (Lipinski definition) is 4. The summed E-state index contributed by atoms with van der Waals surface area (Å²) in [7, 11) is 0. The molecule has 1 heterocycles. The molecule has 1 saturated carbocycles. The van der Waals surface area contributed by atoms with Crippen molar-refractivity contribution in [1.29, 1.82) is 0 Å². The predicted molar refractivity (Wildman–Crippen MR) is 82.5 cm³/mol. The van der Waals surface area contributed by atoms with Gasteiger partial charge in [-0.25, -0.2) is 4.98 Å². The monoisotopic (exact) mass is 295 g/mol. The Balaban J connectivity index is 1.83. The smallest absolute Gasteiger partial charge is 0.237 e. The van der Waals surface area contributed by atoms with E-state index in [0.717, 1.165) is 17.8 Å². The maximum Gasteiger partial charge on any atom is 0.237 e. The van der Waals surface area contributed by atoms with Gasteiger partial charge in [0.1, 0.15) is 5.01 Å². The number of carbonyl (C=O) groups is 1. The Labute approximate surface area is 125 Å². The Morgan fingerprint density at radius 3 is 2.85 bits per heavy atom. The van der Waals surface area contributed by atoms with Gasteiger partial charge in [0.2, 0.25) is 5.91 Å². The van der Waals surface area contributed by atoms with Crippen LogP contribution in [0.2, 0.25) is 0 Å². The van der Waals surface area contributed by atoms with E-state index in [2.05, 4.69) is 17.2 Å². The Bertz CT molecular complexity index is 401. The standard InChI is InChI=1S/C15H25N3OS/c1-2-13(15-17-8-9-20-15)18-14(19)12(16)10-11-6-4-3-5-7-11/h8-9,11-13H,2-7,10,16H2,1H3,(H,18,19). The van der Waals surface area contributed by atoms with Crippen molar-refractivity contribution < 1.29 is 4.79 Å². The van der Waals surface area contributed by atoms with Gasteiger partial charge < -0.3 is 11.1 Å². The minimum Gasteiger partial charge on any atom is -0.346 e. The molecule has 0 bridgehead atoms. The number of amides is 1. The maximum atomic E-state index is 12.2. The molecule has 1 aliphatic carbocycles.